The standard InChI is InChI=1S/C17H16N7O3/c25-7-13-12(26)5-14(27-13)23-9-20-15-16(23)18-8-19-17(15)24-6-11(21-22-24)10-3-1-2-4-10/h1-4,6,8-9,12-14,25-26H,5,7H2/t12-,13+,14+/m0/s1. The lowest BCUT2D eigenvalue weighted by molar-refractivity contribution is -0.0432. The lowest BCUT2D eigenvalue weighted by Gasteiger charge is -2.13. The minimum absolute atomic E-state index is 0.242. The van der Waals surface area contributed by atoms with Crippen molar-refractivity contribution < 1.29 is 14.9 Å². The van der Waals surface area contributed by atoms with E-state index in [2.05, 4.69) is 25.3 Å². The molecular formula is C17H16N7O3. The second-order valence-electron chi connectivity index (χ2n) is 6.36. The molecule has 5 rings (SSSR count). The van der Waals surface area contributed by atoms with E-state index in [1.807, 2.05) is 25.7 Å². The summed E-state index contributed by atoms with van der Waals surface area (Å²) < 4.78 is 8.99. The molecule has 0 unspecified atom stereocenters. The highest BCUT2D eigenvalue weighted by Gasteiger charge is 2.35. The van der Waals surface area contributed by atoms with Crippen LogP contribution in [0.3, 0.4) is 0 Å². The molecule has 10 heteroatoms. The summed E-state index contributed by atoms with van der Waals surface area (Å²) in [5, 5.41) is 27.6. The lowest BCUT2D eigenvalue weighted by atomic mass is 10.1. The third-order valence-corrected chi connectivity index (χ3v) is 4.70. The monoisotopic (exact) mass is 366 g/mol. The summed E-state index contributed by atoms with van der Waals surface area (Å²) in [5.74, 6) is 1.47. The number of imidazole rings is 1. The molecule has 1 saturated heterocycles. The van der Waals surface area contributed by atoms with Crippen molar-refractivity contribution in [1.29, 1.82) is 0 Å². The molecule has 0 aromatic carbocycles. The number of aliphatic hydroxyl groups is 2. The Hall–Kier alpha value is -2.43. The Kier molecular flexibility index (Phi) is 4.10. The van der Waals surface area contributed by atoms with E-state index in [1.54, 1.807) is 21.8 Å². The molecule has 2 fully saturated rings. The van der Waals surface area contributed by atoms with E-state index in [4.69, 9.17) is 4.74 Å². The molecule has 3 aromatic rings. The zero-order valence-corrected chi connectivity index (χ0v) is 14.1. The van der Waals surface area contributed by atoms with Crippen molar-refractivity contribution in [1.82, 2.24) is 34.5 Å². The van der Waals surface area contributed by atoms with Crippen LogP contribution in [0, 0.1) is 31.6 Å². The predicted molar refractivity (Wildman–Crippen MR) is 91.4 cm³/mol. The lowest BCUT2D eigenvalue weighted by Crippen LogP contribution is -2.24. The fraction of sp³-hybridized carbons (Fsp3) is 0.294. The minimum atomic E-state index is -0.735. The molecule has 1 aliphatic heterocycles. The normalized spacial score (nSPS) is 26.4. The van der Waals surface area contributed by atoms with Gasteiger partial charge in [-0.15, -0.1) is 5.10 Å². The quantitative estimate of drug-likeness (QED) is 0.651. The molecule has 3 aromatic heterocycles. The second kappa shape index (κ2) is 6.63. The summed E-state index contributed by atoms with van der Waals surface area (Å²) in [4.78, 5) is 13.0. The van der Waals surface area contributed by atoms with Crippen LogP contribution in [-0.4, -0.2) is 63.5 Å². The van der Waals surface area contributed by atoms with Crippen molar-refractivity contribution in [2.24, 2.45) is 0 Å². The summed E-state index contributed by atoms with van der Waals surface area (Å²) in [6, 6.07) is 0. The molecule has 2 aliphatic rings. The summed E-state index contributed by atoms with van der Waals surface area (Å²) in [5.41, 5.74) is 1.84. The smallest absolute Gasteiger partial charge is 0.186 e. The predicted octanol–water partition coefficient (Wildman–Crippen LogP) is -0.199. The van der Waals surface area contributed by atoms with Crippen LogP contribution in [0.5, 0.6) is 0 Å². The third kappa shape index (κ3) is 2.80. The van der Waals surface area contributed by atoms with E-state index in [0.29, 0.717) is 23.4 Å². The van der Waals surface area contributed by atoms with Crippen molar-refractivity contribution in [3.63, 3.8) is 0 Å². The van der Waals surface area contributed by atoms with E-state index in [9.17, 15) is 10.2 Å². The zero-order valence-electron chi connectivity index (χ0n) is 14.1. The van der Waals surface area contributed by atoms with Crippen LogP contribution in [0.15, 0.2) is 18.9 Å². The van der Waals surface area contributed by atoms with Crippen LogP contribution >= 0.6 is 0 Å². The highest BCUT2D eigenvalue weighted by atomic mass is 16.5. The maximum absolute atomic E-state index is 9.98. The van der Waals surface area contributed by atoms with Gasteiger partial charge in [-0.05, 0) is 25.7 Å². The molecule has 2 N–H and O–H groups in total. The number of nitrogens with zero attached hydrogens (tertiary/aromatic N) is 7. The number of hydrogen-bond acceptors (Lipinski definition) is 8. The molecule has 0 bridgehead atoms. The summed E-state index contributed by atoms with van der Waals surface area (Å²) >= 11 is 0. The van der Waals surface area contributed by atoms with Gasteiger partial charge in [0.15, 0.2) is 17.0 Å². The van der Waals surface area contributed by atoms with Crippen LogP contribution in [0.2, 0.25) is 0 Å². The topological polar surface area (TPSA) is 124 Å². The number of ether oxygens (including phenoxy) is 1. The molecule has 0 amide bonds. The van der Waals surface area contributed by atoms with Crippen LogP contribution in [0.1, 0.15) is 18.3 Å². The Morgan fingerprint density at radius 2 is 2.04 bits per heavy atom. The van der Waals surface area contributed by atoms with Crippen LogP contribution in [-0.2, 0) is 4.74 Å². The minimum Gasteiger partial charge on any atom is -0.394 e. The largest absolute Gasteiger partial charge is 0.394 e. The third-order valence-electron chi connectivity index (χ3n) is 4.70. The summed E-state index contributed by atoms with van der Waals surface area (Å²) in [6.45, 7) is -0.242. The van der Waals surface area contributed by atoms with Gasteiger partial charge < -0.3 is 14.9 Å². The number of aliphatic hydroxyl groups excluding tert-OH is 2. The molecule has 10 nitrogen and oxygen atoms in total. The maximum Gasteiger partial charge on any atom is 0.186 e. The van der Waals surface area contributed by atoms with Crippen LogP contribution in [0.25, 0.3) is 17.0 Å². The van der Waals surface area contributed by atoms with E-state index in [1.165, 1.54) is 6.33 Å². The molecule has 0 spiro atoms. The van der Waals surface area contributed by atoms with E-state index in [0.717, 1.165) is 11.6 Å². The van der Waals surface area contributed by atoms with Gasteiger partial charge in [-0.1, -0.05) is 5.21 Å². The first kappa shape index (κ1) is 16.7. The van der Waals surface area contributed by atoms with Gasteiger partial charge in [-0.2, -0.15) is 4.68 Å². The average Bonchev–Trinajstić information content (AvgIpc) is 3.45. The summed E-state index contributed by atoms with van der Waals surface area (Å²) in [7, 11) is 0. The van der Waals surface area contributed by atoms with Crippen molar-refractivity contribution in [3.8, 4) is 5.82 Å². The fourth-order valence-corrected chi connectivity index (χ4v) is 3.31. The number of fused-ring (bicyclic) bond motifs is 1. The molecule has 5 radical (unpaired) electrons. The second-order valence-corrected chi connectivity index (χ2v) is 6.36. The molecule has 1 saturated carbocycles. The van der Waals surface area contributed by atoms with Gasteiger partial charge in [0, 0.05) is 12.3 Å². The first-order valence-corrected chi connectivity index (χ1v) is 8.51. The highest BCUT2D eigenvalue weighted by molar-refractivity contribution is 5.78. The Balaban J connectivity index is 1.49. The summed E-state index contributed by atoms with van der Waals surface area (Å²) in [6.07, 6.45) is 11.1. The van der Waals surface area contributed by atoms with Gasteiger partial charge in [-0.25, -0.2) is 15.0 Å². The molecule has 4 heterocycles. The van der Waals surface area contributed by atoms with Gasteiger partial charge in [0.1, 0.15) is 18.7 Å². The van der Waals surface area contributed by atoms with Crippen molar-refractivity contribution in [2.75, 3.05) is 6.61 Å². The number of aromatic nitrogens is 7. The molecule has 137 valence electrons. The first-order valence-electron chi connectivity index (χ1n) is 8.51. The van der Waals surface area contributed by atoms with Gasteiger partial charge in [0.2, 0.25) is 0 Å². The Morgan fingerprint density at radius 1 is 1.19 bits per heavy atom. The average molecular weight is 366 g/mol. The SMILES string of the molecule is OC[C@H]1O[C@@H](n2cnc3c(-n4cc([C]5[CH][CH][CH][CH]5)nn4)ncnc32)C[C@@H]1O. The maximum atomic E-state index is 9.98. The van der Waals surface area contributed by atoms with Gasteiger partial charge in [-0.3, -0.25) is 4.57 Å². The molecular weight excluding hydrogens is 350 g/mol. The van der Waals surface area contributed by atoms with E-state index >= 15 is 0 Å². The van der Waals surface area contributed by atoms with E-state index < -0.39 is 18.4 Å². The van der Waals surface area contributed by atoms with Crippen molar-refractivity contribution >= 4 is 11.2 Å². The van der Waals surface area contributed by atoms with Crippen molar-refractivity contribution in [2.45, 2.75) is 24.9 Å². The Labute approximate surface area is 154 Å². The van der Waals surface area contributed by atoms with Crippen LogP contribution in [0.4, 0.5) is 0 Å². The number of hydrogen-bond donors (Lipinski definition) is 2. The Bertz CT molecular complexity index is 949. The molecule has 3 atom stereocenters. The van der Waals surface area contributed by atoms with Crippen LogP contribution < -0.4 is 0 Å². The molecule has 27 heavy (non-hydrogen) atoms. The zero-order chi connectivity index (χ0) is 18.4. The highest BCUT2D eigenvalue weighted by Crippen LogP contribution is 2.32. The van der Waals surface area contributed by atoms with Gasteiger partial charge >= 0.3 is 0 Å². The first-order chi connectivity index (χ1) is 13.2. The molecule has 1 aliphatic carbocycles. The Morgan fingerprint density at radius 3 is 2.81 bits per heavy atom. The van der Waals surface area contributed by atoms with Crippen molar-refractivity contribution in [3.05, 3.63) is 56.1 Å². The fourth-order valence-electron chi connectivity index (χ4n) is 3.31. The van der Waals surface area contributed by atoms with E-state index in [-0.39, 0.29) is 6.61 Å². The van der Waals surface area contributed by atoms with Gasteiger partial charge in [0.05, 0.1) is 30.9 Å². The van der Waals surface area contributed by atoms with Gasteiger partial charge in [0.25, 0.3) is 0 Å². The number of rotatable bonds is 4.